The van der Waals surface area contributed by atoms with Gasteiger partial charge in [-0.05, 0) is 18.4 Å². The lowest BCUT2D eigenvalue weighted by molar-refractivity contribution is -0.136. The summed E-state index contributed by atoms with van der Waals surface area (Å²) in [5.41, 5.74) is 5.70. The molecule has 114 valence electrons. The van der Waals surface area contributed by atoms with Crippen LogP contribution in [0.1, 0.15) is 22.1 Å². The molecule has 2 aromatic heterocycles. The van der Waals surface area contributed by atoms with E-state index in [1.807, 2.05) is 17.5 Å². The fourth-order valence-electron chi connectivity index (χ4n) is 2.47. The van der Waals surface area contributed by atoms with E-state index in [9.17, 15) is 9.59 Å². The lowest BCUT2D eigenvalue weighted by Crippen LogP contribution is -2.30. The van der Waals surface area contributed by atoms with Gasteiger partial charge in [-0.3, -0.25) is 0 Å². The van der Waals surface area contributed by atoms with Crippen LogP contribution in [0.15, 0.2) is 44.2 Å². The number of rotatable bonds is 2. The predicted molar refractivity (Wildman–Crippen MR) is 79.7 cm³/mol. The number of hydrogen-bond donors (Lipinski definition) is 1. The topological polar surface area (TPSA) is 91.8 Å². The molecule has 0 bridgehead atoms. The largest absolute Gasteiger partial charge is 0.465 e. The summed E-state index contributed by atoms with van der Waals surface area (Å²) in [5, 5.41) is 1.85. The zero-order valence-electron chi connectivity index (χ0n) is 11.9. The number of carbonyl (C=O) groups excluding carboxylic acids is 1. The number of methoxy groups -OCH3 is 1. The highest BCUT2D eigenvalue weighted by atomic mass is 32.1. The van der Waals surface area contributed by atoms with E-state index in [1.165, 1.54) is 18.4 Å². The average molecular weight is 319 g/mol. The lowest BCUT2D eigenvalue weighted by Gasteiger charge is -2.26. The van der Waals surface area contributed by atoms with E-state index in [-0.39, 0.29) is 17.0 Å². The van der Waals surface area contributed by atoms with Crippen LogP contribution in [0.3, 0.4) is 0 Å². The molecule has 7 heteroatoms. The van der Waals surface area contributed by atoms with Crippen LogP contribution in [-0.2, 0) is 9.53 Å². The van der Waals surface area contributed by atoms with Gasteiger partial charge in [0.2, 0.25) is 5.88 Å². The van der Waals surface area contributed by atoms with Crippen LogP contribution < -0.4 is 16.1 Å². The van der Waals surface area contributed by atoms with E-state index in [2.05, 4.69) is 0 Å². The summed E-state index contributed by atoms with van der Waals surface area (Å²) in [7, 11) is 1.25. The highest BCUT2D eigenvalue weighted by Crippen LogP contribution is 2.42. The Labute approximate surface area is 129 Å². The first kappa shape index (κ1) is 14.4. The summed E-state index contributed by atoms with van der Waals surface area (Å²) < 4.78 is 15.4. The van der Waals surface area contributed by atoms with Gasteiger partial charge in [0, 0.05) is 10.9 Å². The Balaban J connectivity index is 2.30. The number of ether oxygens (including phenoxy) is 2. The van der Waals surface area contributed by atoms with Crippen molar-refractivity contribution in [1.82, 2.24) is 0 Å². The van der Waals surface area contributed by atoms with E-state index in [4.69, 9.17) is 19.6 Å². The molecule has 2 aromatic rings. The molecule has 1 aliphatic rings. The van der Waals surface area contributed by atoms with Crippen molar-refractivity contribution in [2.45, 2.75) is 12.8 Å². The Bertz CT molecular complexity index is 819. The molecule has 2 N–H and O–H groups in total. The van der Waals surface area contributed by atoms with Gasteiger partial charge in [-0.25, -0.2) is 9.59 Å². The van der Waals surface area contributed by atoms with E-state index in [0.29, 0.717) is 11.5 Å². The van der Waals surface area contributed by atoms with Crippen molar-refractivity contribution < 1.29 is 18.7 Å². The summed E-state index contributed by atoms with van der Waals surface area (Å²) in [6, 6.07) is 5.23. The standard InChI is InChI=1S/C15H13NO5S/c1-7-6-8-10(15(18)20-7)11(9-4-3-5-22-9)12(13(16)21-8)14(17)19-2/h3-6,11H,16H2,1-2H3/t11-/m0/s1. The summed E-state index contributed by atoms with van der Waals surface area (Å²) in [4.78, 5) is 25.2. The zero-order valence-corrected chi connectivity index (χ0v) is 12.7. The van der Waals surface area contributed by atoms with Crippen LogP contribution in [0, 0.1) is 6.92 Å². The van der Waals surface area contributed by atoms with Crippen LogP contribution in [0.4, 0.5) is 0 Å². The molecule has 0 aromatic carbocycles. The normalized spacial score (nSPS) is 16.9. The second-order valence-electron chi connectivity index (χ2n) is 4.74. The van der Waals surface area contributed by atoms with Crippen LogP contribution in [0.25, 0.3) is 0 Å². The number of hydrogen-bond acceptors (Lipinski definition) is 7. The molecule has 0 spiro atoms. The molecule has 0 saturated heterocycles. The highest BCUT2D eigenvalue weighted by molar-refractivity contribution is 7.10. The molecular formula is C15H13NO5S. The molecule has 0 amide bonds. The third-order valence-corrected chi connectivity index (χ3v) is 4.31. The molecule has 0 aliphatic carbocycles. The third-order valence-electron chi connectivity index (χ3n) is 3.37. The molecule has 3 heterocycles. The van der Waals surface area contributed by atoms with Crippen molar-refractivity contribution in [2.24, 2.45) is 5.73 Å². The molecule has 0 saturated carbocycles. The number of fused-ring (bicyclic) bond motifs is 1. The van der Waals surface area contributed by atoms with Gasteiger partial charge in [0.1, 0.15) is 17.1 Å². The van der Waals surface area contributed by atoms with Crippen molar-refractivity contribution >= 4 is 17.3 Å². The Morgan fingerprint density at radius 2 is 2.23 bits per heavy atom. The minimum Gasteiger partial charge on any atom is -0.465 e. The van der Waals surface area contributed by atoms with Gasteiger partial charge < -0.3 is 19.6 Å². The second kappa shape index (κ2) is 5.34. The van der Waals surface area contributed by atoms with E-state index < -0.39 is 17.5 Å². The average Bonchev–Trinajstić information content (AvgIpc) is 2.98. The van der Waals surface area contributed by atoms with Gasteiger partial charge in [0.05, 0.1) is 18.6 Å². The second-order valence-corrected chi connectivity index (χ2v) is 5.72. The molecular weight excluding hydrogens is 306 g/mol. The maximum absolute atomic E-state index is 12.3. The van der Waals surface area contributed by atoms with Crippen molar-refractivity contribution in [1.29, 1.82) is 0 Å². The minimum atomic E-state index is -0.659. The van der Waals surface area contributed by atoms with Gasteiger partial charge in [0.15, 0.2) is 0 Å². The summed E-state index contributed by atoms with van der Waals surface area (Å²) in [6.45, 7) is 1.64. The third kappa shape index (κ3) is 2.19. The smallest absolute Gasteiger partial charge is 0.343 e. The maximum Gasteiger partial charge on any atom is 0.343 e. The molecule has 22 heavy (non-hydrogen) atoms. The number of esters is 1. The van der Waals surface area contributed by atoms with Gasteiger partial charge in [-0.2, -0.15) is 0 Å². The van der Waals surface area contributed by atoms with E-state index in [0.717, 1.165) is 4.88 Å². The summed E-state index contributed by atoms with van der Waals surface area (Å²) in [5.74, 6) is -0.655. The van der Waals surface area contributed by atoms with Gasteiger partial charge in [0.25, 0.3) is 0 Å². The first-order valence-electron chi connectivity index (χ1n) is 6.46. The maximum atomic E-state index is 12.3. The lowest BCUT2D eigenvalue weighted by atomic mass is 9.88. The number of nitrogens with two attached hydrogens (primary N) is 1. The van der Waals surface area contributed by atoms with Crippen molar-refractivity contribution in [3.05, 3.63) is 61.7 Å². The molecule has 0 fully saturated rings. The monoisotopic (exact) mass is 319 g/mol. The first-order valence-corrected chi connectivity index (χ1v) is 7.34. The number of thiophene rings is 1. The fraction of sp³-hybridized carbons (Fsp3) is 0.200. The molecule has 3 rings (SSSR count). The summed E-state index contributed by atoms with van der Waals surface area (Å²) in [6.07, 6.45) is 0. The SMILES string of the molecule is COC(=O)C1=C(N)Oc2cc(C)oc(=O)c2[C@@H]1c1cccs1. The van der Waals surface area contributed by atoms with Crippen LogP contribution in [0.2, 0.25) is 0 Å². The molecule has 1 atom stereocenters. The number of carbonyl (C=O) groups is 1. The van der Waals surface area contributed by atoms with E-state index >= 15 is 0 Å². The van der Waals surface area contributed by atoms with Crippen LogP contribution in [-0.4, -0.2) is 13.1 Å². The van der Waals surface area contributed by atoms with Gasteiger partial charge >= 0.3 is 11.6 Å². The van der Waals surface area contributed by atoms with Crippen LogP contribution >= 0.6 is 11.3 Å². The summed E-state index contributed by atoms with van der Waals surface area (Å²) >= 11 is 1.41. The van der Waals surface area contributed by atoms with Crippen molar-refractivity contribution in [3.63, 3.8) is 0 Å². The highest BCUT2D eigenvalue weighted by Gasteiger charge is 2.38. The van der Waals surface area contributed by atoms with Crippen molar-refractivity contribution in [2.75, 3.05) is 7.11 Å². The molecule has 0 unspecified atom stereocenters. The Hall–Kier alpha value is -2.54. The fourth-order valence-corrected chi connectivity index (χ4v) is 3.31. The molecule has 0 radical (unpaired) electrons. The Morgan fingerprint density at radius 3 is 2.86 bits per heavy atom. The number of aryl methyl sites for hydroxylation is 1. The Morgan fingerprint density at radius 1 is 1.45 bits per heavy atom. The van der Waals surface area contributed by atoms with E-state index in [1.54, 1.807) is 13.0 Å². The molecule has 6 nitrogen and oxygen atoms in total. The quantitative estimate of drug-likeness (QED) is 0.850. The first-order chi connectivity index (χ1) is 10.5. The van der Waals surface area contributed by atoms with Crippen LogP contribution in [0.5, 0.6) is 5.75 Å². The zero-order chi connectivity index (χ0) is 15.9. The van der Waals surface area contributed by atoms with Gasteiger partial charge in [-0.15, -0.1) is 11.3 Å². The van der Waals surface area contributed by atoms with Gasteiger partial charge in [-0.1, -0.05) is 6.07 Å². The predicted octanol–water partition coefficient (Wildman–Crippen LogP) is 1.88. The molecule has 1 aliphatic heterocycles. The Kier molecular flexibility index (Phi) is 3.50. The van der Waals surface area contributed by atoms with Crippen molar-refractivity contribution in [3.8, 4) is 5.75 Å². The minimum absolute atomic E-state index is 0.0669.